The summed E-state index contributed by atoms with van der Waals surface area (Å²) in [6.45, 7) is 3.86. The number of ether oxygens (including phenoxy) is 1. The molecule has 1 aromatic rings. The monoisotopic (exact) mass is 262 g/mol. The smallest absolute Gasteiger partial charge is 0.260 e. The maximum atomic E-state index is 11.8. The summed E-state index contributed by atoms with van der Waals surface area (Å²) < 4.78 is 5.52. The summed E-state index contributed by atoms with van der Waals surface area (Å²) in [6.07, 6.45) is 3.07. The van der Waals surface area contributed by atoms with E-state index in [1.54, 1.807) is 0 Å². The molecule has 0 saturated carbocycles. The van der Waals surface area contributed by atoms with Crippen LogP contribution in [0.2, 0.25) is 0 Å². The van der Waals surface area contributed by atoms with Gasteiger partial charge in [-0.3, -0.25) is 4.79 Å². The van der Waals surface area contributed by atoms with Crippen molar-refractivity contribution >= 4 is 5.91 Å². The van der Waals surface area contributed by atoms with E-state index >= 15 is 0 Å². The number of likely N-dealkylation sites (tertiary alicyclic amines) is 1. The molecule has 104 valence electrons. The number of hydrogen-bond acceptors (Lipinski definition) is 3. The minimum atomic E-state index is 0.0807. The number of rotatable bonds is 5. The second-order valence-corrected chi connectivity index (χ2v) is 5.20. The van der Waals surface area contributed by atoms with E-state index in [9.17, 15) is 4.79 Å². The van der Waals surface area contributed by atoms with Crippen LogP contribution in [0.3, 0.4) is 0 Å². The Balaban J connectivity index is 1.80. The summed E-state index contributed by atoms with van der Waals surface area (Å²) in [6, 6.07) is 7.95. The molecule has 19 heavy (non-hydrogen) atoms. The Bertz CT molecular complexity index is 409. The summed E-state index contributed by atoms with van der Waals surface area (Å²) in [4.78, 5) is 13.7. The average Bonchev–Trinajstić information content (AvgIpc) is 2.91. The topological polar surface area (TPSA) is 55.6 Å². The van der Waals surface area contributed by atoms with Gasteiger partial charge >= 0.3 is 0 Å². The molecule has 1 unspecified atom stereocenters. The second kappa shape index (κ2) is 6.57. The van der Waals surface area contributed by atoms with Gasteiger partial charge in [0.25, 0.3) is 5.91 Å². The largest absolute Gasteiger partial charge is 0.484 e. The van der Waals surface area contributed by atoms with Crippen LogP contribution in [0.5, 0.6) is 5.75 Å². The molecule has 1 aliphatic heterocycles. The van der Waals surface area contributed by atoms with Gasteiger partial charge in [0.2, 0.25) is 0 Å². The Hall–Kier alpha value is -1.55. The van der Waals surface area contributed by atoms with Crippen molar-refractivity contribution in [3.05, 3.63) is 29.8 Å². The van der Waals surface area contributed by atoms with Crippen LogP contribution in [0.4, 0.5) is 0 Å². The first-order valence-corrected chi connectivity index (χ1v) is 6.90. The van der Waals surface area contributed by atoms with Crippen molar-refractivity contribution in [1.29, 1.82) is 0 Å². The molecule has 1 aromatic carbocycles. The van der Waals surface area contributed by atoms with Crippen LogP contribution in [-0.2, 0) is 11.2 Å². The second-order valence-electron chi connectivity index (χ2n) is 5.20. The zero-order valence-electron chi connectivity index (χ0n) is 11.5. The number of carbonyl (C=O) groups excluding carboxylic acids is 1. The Labute approximate surface area is 114 Å². The van der Waals surface area contributed by atoms with Gasteiger partial charge < -0.3 is 15.4 Å². The fraction of sp³-hybridized carbons (Fsp3) is 0.533. The van der Waals surface area contributed by atoms with E-state index in [1.807, 2.05) is 36.1 Å². The molecule has 1 fully saturated rings. The lowest BCUT2D eigenvalue weighted by Crippen LogP contribution is -2.32. The molecular formula is C15H22N2O2. The summed E-state index contributed by atoms with van der Waals surface area (Å²) in [5, 5.41) is 0. The number of benzene rings is 1. The quantitative estimate of drug-likeness (QED) is 0.876. The summed E-state index contributed by atoms with van der Waals surface area (Å²) in [5.41, 5.74) is 6.94. The van der Waals surface area contributed by atoms with Gasteiger partial charge in [0.1, 0.15) is 5.75 Å². The van der Waals surface area contributed by atoms with Crippen molar-refractivity contribution in [1.82, 2.24) is 4.90 Å². The highest BCUT2D eigenvalue weighted by Gasteiger charge is 2.17. The lowest BCUT2D eigenvalue weighted by molar-refractivity contribution is -0.132. The molecule has 1 atom stereocenters. The van der Waals surface area contributed by atoms with E-state index in [1.165, 1.54) is 5.56 Å². The number of nitrogens with zero attached hydrogens (tertiary/aromatic N) is 1. The fourth-order valence-corrected chi connectivity index (χ4v) is 2.30. The van der Waals surface area contributed by atoms with Crippen molar-refractivity contribution < 1.29 is 9.53 Å². The van der Waals surface area contributed by atoms with Crippen molar-refractivity contribution in [3.8, 4) is 5.75 Å². The maximum Gasteiger partial charge on any atom is 0.260 e. The standard InChI is InChI=1S/C15H22N2O2/c1-12(16)10-13-4-6-14(7-5-13)19-11-15(18)17-8-2-3-9-17/h4-7,12H,2-3,8-11,16H2,1H3. The van der Waals surface area contributed by atoms with E-state index in [0.29, 0.717) is 0 Å². The third-order valence-electron chi connectivity index (χ3n) is 3.30. The Morgan fingerprint density at radius 1 is 1.32 bits per heavy atom. The number of carbonyl (C=O) groups is 1. The zero-order valence-corrected chi connectivity index (χ0v) is 11.5. The highest BCUT2D eigenvalue weighted by molar-refractivity contribution is 5.78. The Kier molecular flexibility index (Phi) is 4.80. The van der Waals surface area contributed by atoms with Crippen molar-refractivity contribution in [2.24, 2.45) is 5.73 Å². The van der Waals surface area contributed by atoms with Crippen LogP contribution in [0, 0.1) is 0 Å². The van der Waals surface area contributed by atoms with Crippen LogP contribution >= 0.6 is 0 Å². The van der Waals surface area contributed by atoms with Gasteiger partial charge in [-0.2, -0.15) is 0 Å². The predicted octanol–water partition coefficient (Wildman–Crippen LogP) is 1.58. The SMILES string of the molecule is CC(N)Cc1ccc(OCC(=O)N2CCCC2)cc1. The molecule has 0 radical (unpaired) electrons. The molecule has 0 aromatic heterocycles. The van der Waals surface area contributed by atoms with Crippen LogP contribution in [-0.4, -0.2) is 36.5 Å². The van der Waals surface area contributed by atoms with Gasteiger partial charge in [-0.15, -0.1) is 0 Å². The van der Waals surface area contributed by atoms with Crippen LogP contribution < -0.4 is 10.5 Å². The fourth-order valence-electron chi connectivity index (χ4n) is 2.30. The molecule has 1 saturated heterocycles. The minimum absolute atomic E-state index is 0.0807. The van der Waals surface area contributed by atoms with E-state index in [2.05, 4.69) is 0 Å². The first-order valence-electron chi connectivity index (χ1n) is 6.90. The highest BCUT2D eigenvalue weighted by atomic mass is 16.5. The molecule has 4 nitrogen and oxygen atoms in total. The number of amides is 1. The summed E-state index contributed by atoms with van der Waals surface area (Å²) >= 11 is 0. The van der Waals surface area contributed by atoms with Crippen LogP contribution in [0.25, 0.3) is 0 Å². The molecule has 2 rings (SSSR count). The normalized spacial score (nSPS) is 16.4. The third-order valence-corrected chi connectivity index (χ3v) is 3.30. The van der Waals surface area contributed by atoms with Gasteiger partial charge in [0.15, 0.2) is 6.61 Å². The van der Waals surface area contributed by atoms with Crippen molar-refractivity contribution in [3.63, 3.8) is 0 Å². The molecule has 1 aliphatic rings. The average molecular weight is 262 g/mol. The molecule has 0 aliphatic carbocycles. The van der Waals surface area contributed by atoms with Crippen LogP contribution in [0.1, 0.15) is 25.3 Å². The van der Waals surface area contributed by atoms with Gasteiger partial charge in [-0.05, 0) is 43.9 Å². The van der Waals surface area contributed by atoms with Crippen molar-refractivity contribution in [2.45, 2.75) is 32.2 Å². The predicted molar refractivity (Wildman–Crippen MR) is 75.1 cm³/mol. The molecule has 1 heterocycles. The van der Waals surface area contributed by atoms with E-state index in [-0.39, 0.29) is 18.6 Å². The van der Waals surface area contributed by atoms with E-state index < -0.39 is 0 Å². The third kappa shape index (κ3) is 4.24. The highest BCUT2D eigenvalue weighted by Crippen LogP contribution is 2.14. The molecule has 1 amide bonds. The minimum Gasteiger partial charge on any atom is -0.484 e. The maximum absolute atomic E-state index is 11.8. The number of nitrogens with two attached hydrogens (primary N) is 1. The molecule has 0 bridgehead atoms. The first kappa shape index (κ1) is 13.9. The first-order chi connectivity index (χ1) is 9.15. The van der Waals surface area contributed by atoms with Crippen LogP contribution in [0.15, 0.2) is 24.3 Å². The summed E-state index contributed by atoms with van der Waals surface area (Å²) in [5.74, 6) is 0.818. The van der Waals surface area contributed by atoms with Crippen molar-refractivity contribution in [2.75, 3.05) is 19.7 Å². The number of hydrogen-bond donors (Lipinski definition) is 1. The molecule has 4 heteroatoms. The Morgan fingerprint density at radius 3 is 2.53 bits per heavy atom. The van der Waals surface area contributed by atoms with Gasteiger partial charge in [-0.1, -0.05) is 12.1 Å². The zero-order chi connectivity index (χ0) is 13.7. The molecule has 0 spiro atoms. The lowest BCUT2D eigenvalue weighted by Gasteiger charge is -2.15. The van der Waals surface area contributed by atoms with E-state index in [0.717, 1.165) is 38.1 Å². The van der Waals surface area contributed by atoms with Gasteiger partial charge in [0.05, 0.1) is 0 Å². The molecular weight excluding hydrogens is 240 g/mol. The Morgan fingerprint density at radius 2 is 1.95 bits per heavy atom. The lowest BCUT2D eigenvalue weighted by atomic mass is 10.1. The van der Waals surface area contributed by atoms with Gasteiger partial charge in [0, 0.05) is 19.1 Å². The summed E-state index contributed by atoms with van der Waals surface area (Å²) in [7, 11) is 0. The molecule has 2 N–H and O–H groups in total. The van der Waals surface area contributed by atoms with E-state index in [4.69, 9.17) is 10.5 Å². The van der Waals surface area contributed by atoms with Gasteiger partial charge in [-0.25, -0.2) is 0 Å².